The normalized spacial score (nSPS) is 11.1. The first-order valence-corrected chi connectivity index (χ1v) is 6.17. The van der Waals surface area contributed by atoms with Gasteiger partial charge < -0.3 is 15.0 Å². The lowest BCUT2D eigenvalue weighted by Crippen LogP contribution is -2.22. The average Bonchev–Trinajstić information content (AvgIpc) is 2.68. The van der Waals surface area contributed by atoms with E-state index in [0.29, 0.717) is 0 Å². The predicted octanol–water partition coefficient (Wildman–Crippen LogP) is 1.42. The second kappa shape index (κ2) is 7.82. The summed E-state index contributed by atoms with van der Waals surface area (Å²) in [4.78, 5) is 2.12. The van der Waals surface area contributed by atoms with E-state index in [2.05, 4.69) is 41.1 Å². The second-order valence-electron chi connectivity index (χ2n) is 3.72. The molecular weight excluding hydrogens is 208 g/mol. The molecule has 86 valence electrons. The summed E-state index contributed by atoms with van der Waals surface area (Å²) in [5.41, 5.74) is 1.35. The topological polar surface area (TPSA) is 24.5 Å². The number of hydrogen-bond donors (Lipinski definition) is 1. The molecule has 0 fully saturated rings. The van der Waals surface area contributed by atoms with E-state index in [-0.39, 0.29) is 0 Å². The Morgan fingerprint density at radius 3 is 2.93 bits per heavy atom. The number of nitrogens with one attached hydrogen (secondary N) is 1. The van der Waals surface area contributed by atoms with Crippen LogP contribution in [0.5, 0.6) is 0 Å². The number of nitrogens with zero attached hydrogens (tertiary/aromatic N) is 1. The van der Waals surface area contributed by atoms with E-state index in [9.17, 15) is 0 Å². The molecule has 0 spiro atoms. The SMILES string of the molecule is CN(C)CCOCCNCc1ccsc1. The van der Waals surface area contributed by atoms with Gasteiger partial charge in [0.05, 0.1) is 13.2 Å². The Hall–Kier alpha value is -0.420. The van der Waals surface area contributed by atoms with E-state index in [1.165, 1.54) is 5.56 Å². The molecule has 15 heavy (non-hydrogen) atoms. The predicted molar refractivity (Wildman–Crippen MR) is 65.4 cm³/mol. The van der Waals surface area contributed by atoms with Crippen molar-refractivity contribution in [2.24, 2.45) is 0 Å². The molecule has 0 aliphatic heterocycles. The van der Waals surface area contributed by atoms with Crippen LogP contribution in [0.15, 0.2) is 16.8 Å². The van der Waals surface area contributed by atoms with Crippen LogP contribution in [-0.4, -0.2) is 45.3 Å². The number of ether oxygens (including phenoxy) is 1. The first-order chi connectivity index (χ1) is 7.29. The third kappa shape index (κ3) is 6.62. The average molecular weight is 228 g/mol. The Labute approximate surface area is 96.0 Å². The van der Waals surface area contributed by atoms with Gasteiger partial charge in [-0.15, -0.1) is 0 Å². The van der Waals surface area contributed by atoms with Crippen molar-refractivity contribution >= 4 is 11.3 Å². The van der Waals surface area contributed by atoms with Crippen molar-refractivity contribution in [1.29, 1.82) is 0 Å². The first-order valence-electron chi connectivity index (χ1n) is 5.23. The van der Waals surface area contributed by atoms with Gasteiger partial charge in [0.1, 0.15) is 0 Å². The molecular formula is C11H20N2OS. The van der Waals surface area contributed by atoms with Crippen LogP contribution < -0.4 is 5.32 Å². The van der Waals surface area contributed by atoms with Gasteiger partial charge in [0.2, 0.25) is 0 Å². The number of rotatable bonds is 8. The van der Waals surface area contributed by atoms with Gasteiger partial charge in [0, 0.05) is 19.6 Å². The highest BCUT2D eigenvalue weighted by Crippen LogP contribution is 2.04. The van der Waals surface area contributed by atoms with E-state index in [1.54, 1.807) is 11.3 Å². The summed E-state index contributed by atoms with van der Waals surface area (Å²) in [5.74, 6) is 0. The van der Waals surface area contributed by atoms with E-state index < -0.39 is 0 Å². The summed E-state index contributed by atoms with van der Waals surface area (Å²) in [7, 11) is 4.11. The summed E-state index contributed by atoms with van der Waals surface area (Å²) in [6.45, 7) is 4.46. The fourth-order valence-corrected chi connectivity index (χ4v) is 1.79. The van der Waals surface area contributed by atoms with E-state index in [4.69, 9.17) is 4.74 Å². The Balaban J connectivity index is 1.85. The molecule has 0 aromatic carbocycles. The summed E-state index contributed by atoms with van der Waals surface area (Å²) in [6, 6.07) is 2.14. The maximum absolute atomic E-state index is 5.46. The van der Waals surface area contributed by atoms with Crippen molar-refractivity contribution in [2.45, 2.75) is 6.54 Å². The highest BCUT2D eigenvalue weighted by atomic mass is 32.1. The Bertz CT molecular complexity index is 237. The van der Waals surface area contributed by atoms with Crippen molar-refractivity contribution in [3.8, 4) is 0 Å². The lowest BCUT2D eigenvalue weighted by molar-refractivity contribution is 0.119. The summed E-state index contributed by atoms with van der Waals surface area (Å²) in [5, 5.41) is 7.61. The molecule has 0 saturated heterocycles. The van der Waals surface area contributed by atoms with Crippen molar-refractivity contribution in [3.63, 3.8) is 0 Å². The van der Waals surface area contributed by atoms with E-state index in [1.807, 2.05) is 0 Å². The first kappa shape index (κ1) is 12.6. The molecule has 0 bridgehead atoms. The molecule has 0 radical (unpaired) electrons. The lowest BCUT2D eigenvalue weighted by atomic mass is 10.3. The summed E-state index contributed by atoms with van der Waals surface area (Å²) < 4.78 is 5.46. The standard InChI is InChI=1S/C11H20N2OS/c1-13(2)5-7-14-6-4-12-9-11-3-8-15-10-11/h3,8,10,12H,4-7,9H2,1-2H3. The van der Waals surface area contributed by atoms with Crippen LogP contribution in [0, 0.1) is 0 Å². The molecule has 1 aromatic heterocycles. The van der Waals surface area contributed by atoms with Crippen LogP contribution in [0.25, 0.3) is 0 Å². The largest absolute Gasteiger partial charge is 0.379 e. The highest BCUT2D eigenvalue weighted by Gasteiger charge is 1.93. The molecule has 4 heteroatoms. The van der Waals surface area contributed by atoms with Crippen LogP contribution in [0.3, 0.4) is 0 Å². The lowest BCUT2D eigenvalue weighted by Gasteiger charge is -2.09. The van der Waals surface area contributed by atoms with Crippen molar-refractivity contribution in [1.82, 2.24) is 10.2 Å². The van der Waals surface area contributed by atoms with Crippen molar-refractivity contribution in [3.05, 3.63) is 22.4 Å². The molecule has 0 aliphatic rings. The van der Waals surface area contributed by atoms with Gasteiger partial charge in [0.25, 0.3) is 0 Å². The Morgan fingerprint density at radius 2 is 2.27 bits per heavy atom. The summed E-state index contributed by atoms with van der Waals surface area (Å²) >= 11 is 1.74. The number of hydrogen-bond acceptors (Lipinski definition) is 4. The minimum atomic E-state index is 0.790. The smallest absolute Gasteiger partial charge is 0.0593 e. The molecule has 0 unspecified atom stereocenters. The minimum Gasteiger partial charge on any atom is -0.379 e. The third-order valence-electron chi connectivity index (χ3n) is 2.02. The minimum absolute atomic E-state index is 0.790. The van der Waals surface area contributed by atoms with Crippen LogP contribution in [0.1, 0.15) is 5.56 Å². The van der Waals surface area contributed by atoms with Gasteiger partial charge in [-0.3, -0.25) is 0 Å². The van der Waals surface area contributed by atoms with Crippen LogP contribution in [0.2, 0.25) is 0 Å². The fraction of sp³-hybridized carbons (Fsp3) is 0.636. The van der Waals surface area contributed by atoms with Gasteiger partial charge in [0.15, 0.2) is 0 Å². The maximum atomic E-state index is 5.46. The Kier molecular flexibility index (Phi) is 6.59. The van der Waals surface area contributed by atoms with E-state index in [0.717, 1.165) is 32.8 Å². The molecule has 1 rings (SSSR count). The van der Waals surface area contributed by atoms with Gasteiger partial charge in [-0.1, -0.05) is 0 Å². The molecule has 0 atom stereocenters. The zero-order valence-corrected chi connectivity index (χ0v) is 10.3. The molecule has 0 aliphatic carbocycles. The van der Waals surface area contributed by atoms with Gasteiger partial charge in [-0.2, -0.15) is 11.3 Å². The van der Waals surface area contributed by atoms with Crippen LogP contribution in [-0.2, 0) is 11.3 Å². The monoisotopic (exact) mass is 228 g/mol. The van der Waals surface area contributed by atoms with Crippen LogP contribution >= 0.6 is 11.3 Å². The van der Waals surface area contributed by atoms with E-state index >= 15 is 0 Å². The molecule has 1 aromatic rings. The summed E-state index contributed by atoms with van der Waals surface area (Å²) in [6.07, 6.45) is 0. The van der Waals surface area contributed by atoms with Crippen LogP contribution in [0.4, 0.5) is 0 Å². The zero-order valence-electron chi connectivity index (χ0n) is 9.53. The highest BCUT2D eigenvalue weighted by molar-refractivity contribution is 7.07. The zero-order chi connectivity index (χ0) is 10.9. The second-order valence-corrected chi connectivity index (χ2v) is 4.50. The maximum Gasteiger partial charge on any atom is 0.0593 e. The van der Waals surface area contributed by atoms with Crippen molar-refractivity contribution < 1.29 is 4.74 Å². The van der Waals surface area contributed by atoms with Gasteiger partial charge >= 0.3 is 0 Å². The van der Waals surface area contributed by atoms with Gasteiger partial charge in [-0.05, 0) is 36.5 Å². The third-order valence-corrected chi connectivity index (χ3v) is 2.75. The van der Waals surface area contributed by atoms with Gasteiger partial charge in [-0.25, -0.2) is 0 Å². The van der Waals surface area contributed by atoms with Crippen molar-refractivity contribution in [2.75, 3.05) is 40.4 Å². The molecule has 3 nitrogen and oxygen atoms in total. The molecule has 0 amide bonds. The molecule has 1 N–H and O–H groups in total. The number of thiophene rings is 1. The molecule has 0 saturated carbocycles. The Morgan fingerprint density at radius 1 is 1.40 bits per heavy atom. The molecule has 1 heterocycles. The number of likely N-dealkylation sites (N-methyl/N-ethyl adjacent to an activating group) is 1. The fourth-order valence-electron chi connectivity index (χ4n) is 1.12. The quantitative estimate of drug-likeness (QED) is 0.681.